The van der Waals surface area contributed by atoms with E-state index in [4.69, 9.17) is 16.3 Å². The van der Waals surface area contributed by atoms with E-state index in [9.17, 15) is 15.0 Å². The van der Waals surface area contributed by atoms with Crippen molar-refractivity contribution in [1.29, 1.82) is 0 Å². The van der Waals surface area contributed by atoms with E-state index in [-0.39, 0.29) is 13.2 Å². The number of carbonyl (C=O) groups excluding carboxylic acids is 1. The molecule has 0 saturated carbocycles. The molecule has 1 amide bonds. The number of amides is 1. The molecule has 0 saturated heterocycles. The number of carbonyl (C=O) groups is 1. The van der Waals surface area contributed by atoms with Gasteiger partial charge in [-0.1, -0.05) is 18.2 Å². The van der Waals surface area contributed by atoms with Crippen molar-refractivity contribution in [2.45, 2.75) is 12.2 Å². The van der Waals surface area contributed by atoms with Crippen LogP contribution in [0.4, 0.5) is 0 Å². The molecular weight excluding hydrogens is 238 g/mol. The van der Waals surface area contributed by atoms with E-state index in [0.29, 0.717) is 11.3 Å². The van der Waals surface area contributed by atoms with E-state index >= 15 is 0 Å². The molecule has 0 aliphatic rings. The summed E-state index contributed by atoms with van der Waals surface area (Å²) in [4.78, 5) is 11.0. The van der Waals surface area contributed by atoms with Gasteiger partial charge < -0.3 is 20.7 Å². The van der Waals surface area contributed by atoms with Gasteiger partial charge in [-0.3, -0.25) is 10.2 Å². The quantitative estimate of drug-likeness (QED) is 0.236. The maximum atomic E-state index is 11.0. The Morgan fingerprint density at radius 2 is 2.06 bits per heavy atom. The SMILES string of the molecule is NCC(O)C(O)c1ccccc1OCC(=O)NN. The number of hydrogen-bond acceptors (Lipinski definition) is 6. The summed E-state index contributed by atoms with van der Waals surface area (Å²) in [6, 6.07) is 6.52. The fourth-order valence-electron chi connectivity index (χ4n) is 1.38. The summed E-state index contributed by atoms with van der Waals surface area (Å²) in [5, 5.41) is 19.4. The summed E-state index contributed by atoms with van der Waals surface area (Å²) in [6.07, 6.45) is -2.27. The number of para-hydroxylation sites is 1. The Hall–Kier alpha value is -1.67. The van der Waals surface area contributed by atoms with E-state index in [0.717, 1.165) is 0 Å². The molecule has 2 unspecified atom stereocenters. The van der Waals surface area contributed by atoms with Gasteiger partial charge in [-0.25, -0.2) is 5.84 Å². The highest BCUT2D eigenvalue weighted by Gasteiger charge is 2.20. The van der Waals surface area contributed by atoms with Crippen LogP contribution in [0.3, 0.4) is 0 Å². The molecule has 7 nitrogen and oxygen atoms in total. The molecule has 100 valence electrons. The highest BCUT2D eigenvalue weighted by Crippen LogP contribution is 2.26. The minimum atomic E-state index is -1.17. The second kappa shape index (κ2) is 6.92. The third kappa shape index (κ3) is 3.67. The van der Waals surface area contributed by atoms with Crippen LogP contribution in [0.2, 0.25) is 0 Å². The molecule has 0 aliphatic heterocycles. The van der Waals surface area contributed by atoms with Gasteiger partial charge in [-0.05, 0) is 6.07 Å². The third-order valence-corrected chi connectivity index (χ3v) is 2.36. The lowest BCUT2D eigenvalue weighted by molar-refractivity contribution is -0.123. The van der Waals surface area contributed by atoms with Crippen molar-refractivity contribution >= 4 is 5.91 Å². The van der Waals surface area contributed by atoms with Crippen molar-refractivity contribution in [1.82, 2.24) is 5.43 Å². The molecule has 0 bridgehead atoms. The van der Waals surface area contributed by atoms with Crippen LogP contribution in [0, 0.1) is 0 Å². The zero-order chi connectivity index (χ0) is 13.5. The van der Waals surface area contributed by atoms with E-state index < -0.39 is 18.1 Å². The summed E-state index contributed by atoms with van der Waals surface area (Å²) in [5.41, 5.74) is 7.56. The Morgan fingerprint density at radius 3 is 2.67 bits per heavy atom. The van der Waals surface area contributed by atoms with E-state index in [2.05, 4.69) is 0 Å². The summed E-state index contributed by atoms with van der Waals surface area (Å²) >= 11 is 0. The summed E-state index contributed by atoms with van der Waals surface area (Å²) < 4.78 is 5.20. The molecule has 0 aliphatic carbocycles. The van der Waals surface area contributed by atoms with Gasteiger partial charge >= 0.3 is 0 Å². The van der Waals surface area contributed by atoms with Gasteiger partial charge in [0.25, 0.3) is 5.91 Å². The maximum Gasteiger partial charge on any atom is 0.271 e. The zero-order valence-electron chi connectivity index (χ0n) is 9.74. The van der Waals surface area contributed by atoms with Gasteiger partial charge in [-0.15, -0.1) is 0 Å². The summed E-state index contributed by atoms with van der Waals surface area (Å²) in [7, 11) is 0. The van der Waals surface area contributed by atoms with E-state index in [1.54, 1.807) is 24.3 Å². The maximum absolute atomic E-state index is 11.0. The number of benzene rings is 1. The monoisotopic (exact) mass is 255 g/mol. The summed E-state index contributed by atoms with van der Waals surface area (Å²) in [5.74, 6) is 4.71. The van der Waals surface area contributed by atoms with Crippen LogP contribution in [0.1, 0.15) is 11.7 Å². The zero-order valence-corrected chi connectivity index (χ0v) is 9.74. The number of hydrogen-bond donors (Lipinski definition) is 5. The molecule has 18 heavy (non-hydrogen) atoms. The molecule has 1 aromatic carbocycles. The number of aliphatic hydroxyl groups excluding tert-OH is 2. The molecule has 7 heteroatoms. The number of nitrogens with two attached hydrogens (primary N) is 2. The van der Waals surface area contributed by atoms with Gasteiger partial charge in [-0.2, -0.15) is 0 Å². The van der Waals surface area contributed by atoms with Crippen molar-refractivity contribution in [2.75, 3.05) is 13.2 Å². The Kier molecular flexibility index (Phi) is 5.53. The molecule has 0 fully saturated rings. The van der Waals surface area contributed by atoms with Crippen molar-refractivity contribution in [3.05, 3.63) is 29.8 Å². The number of ether oxygens (including phenoxy) is 1. The van der Waals surface area contributed by atoms with Crippen LogP contribution < -0.4 is 21.7 Å². The molecule has 2 atom stereocenters. The average Bonchev–Trinajstić information content (AvgIpc) is 2.43. The first-order valence-corrected chi connectivity index (χ1v) is 5.37. The van der Waals surface area contributed by atoms with Crippen LogP contribution in [0.15, 0.2) is 24.3 Å². The first-order chi connectivity index (χ1) is 8.60. The minimum Gasteiger partial charge on any atom is -0.483 e. The molecule has 1 aromatic rings. The van der Waals surface area contributed by atoms with Crippen molar-refractivity contribution < 1.29 is 19.7 Å². The van der Waals surface area contributed by atoms with Gasteiger partial charge in [0.15, 0.2) is 6.61 Å². The van der Waals surface area contributed by atoms with Crippen LogP contribution in [-0.2, 0) is 4.79 Å². The fraction of sp³-hybridized carbons (Fsp3) is 0.364. The van der Waals surface area contributed by atoms with Gasteiger partial charge in [0, 0.05) is 12.1 Å². The van der Waals surface area contributed by atoms with Crippen LogP contribution in [0.5, 0.6) is 5.75 Å². The third-order valence-electron chi connectivity index (χ3n) is 2.36. The predicted molar refractivity (Wildman–Crippen MR) is 64.3 cm³/mol. The topological polar surface area (TPSA) is 131 Å². The van der Waals surface area contributed by atoms with E-state index in [1.807, 2.05) is 5.43 Å². The lowest BCUT2D eigenvalue weighted by atomic mass is 10.0. The molecule has 1 rings (SSSR count). The normalized spacial score (nSPS) is 13.8. The van der Waals surface area contributed by atoms with Crippen molar-refractivity contribution in [3.8, 4) is 5.75 Å². The van der Waals surface area contributed by atoms with Gasteiger partial charge in [0.1, 0.15) is 11.9 Å². The second-order valence-electron chi connectivity index (χ2n) is 3.64. The smallest absolute Gasteiger partial charge is 0.271 e. The Balaban J connectivity index is 2.82. The van der Waals surface area contributed by atoms with Gasteiger partial charge in [0.05, 0.1) is 6.10 Å². The van der Waals surface area contributed by atoms with Gasteiger partial charge in [0.2, 0.25) is 0 Å². The molecule has 7 N–H and O–H groups in total. The average molecular weight is 255 g/mol. The molecule has 0 spiro atoms. The molecule has 0 heterocycles. The first kappa shape index (κ1) is 14.4. The lowest BCUT2D eigenvalue weighted by Gasteiger charge is -2.19. The van der Waals surface area contributed by atoms with Crippen LogP contribution in [0.25, 0.3) is 0 Å². The molecule has 0 aromatic heterocycles. The Bertz CT molecular complexity index is 400. The molecular formula is C11H17N3O4. The largest absolute Gasteiger partial charge is 0.483 e. The van der Waals surface area contributed by atoms with Crippen molar-refractivity contribution in [2.24, 2.45) is 11.6 Å². The van der Waals surface area contributed by atoms with E-state index in [1.165, 1.54) is 0 Å². The van der Waals surface area contributed by atoms with Crippen LogP contribution in [-0.4, -0.2) is 35.4 Å². The molecule has 0 radical (unpaired) electrons. The second-order valence-corrected chi connectivity index (χ2v) is 3.64. The van der Waals surface area contributed by atoms with Crippen LogP contribution >= 0.6 is 0 Å². The van der Waals surface area contributed by atoms with Crippen molar-refractivity contribution in [3.63, 3.8) is 0 Å². The lowest BCUT2D eigenvalue weighted by Crippen LogP contribution is -2.34. The Morgan fingerprint density at radius 1 is 1.39 bits per heavy atom. The summed E-state index contributed by atoms with van der Waals surface area (Å²) in [6.45, 7) is -0.363. The first-order valence-electron chi connectivity index (χ1n) is 5.37. The minimum absolute atomic E-state index is 0.0845. The highest BCUT2D eigenvalue weighted by atomic mass is 16.5. The fourth-order valence-corrected chi connectivity index (χ4v) is 1.38. The predicted octanol–water partition coefficient (Wildman–Crippen LogP) is -1.59. The number of nitrogens with one attached hydrogen (secondary N) is 1. The Labute approximate surface area is 104 Å². The highest BCUT2D eigenvalue weighted by molar-refractivity contribution is 5.76. The number of rotatable bonds is 6. The number of hydrazine groups is 1. The number of aliphatic hydroxyl groups is 2. The standard InChI is InChI=1S/C11H17N3O4/c12-5-8(15)11(17)7-3-1-2-4-9(7)18-6-10(16)14-13/h1-4,8,11,15,17H,5-6,12-13H2,(H,14,16).